The van der Waals surface area contributed by atoms with Crippen LogP contribution in [0, 0.1) is 0 Å². The Morgan fingerprint density at radius 3 is 0.750 bits per heavy atom. The first-order valence-electron chi connectivity index (χ1n) is 0. The minimum Gasteiger partial charge on any atom is -1.00 e. The van der Waals surface area contributed by atoms with E-state index >= 15 is 0 Å². The van der Waals surface area contributed by atoms with Gasteiger partial charge in [0.2, 0.25) is 0 Å². The van der Waals surface area contributed by atoms with E-state index in [0.717, 1.165) is 0 Å². The zero-order valence-corrected chi connectivity index (χ0v) is 7.09. The van der Waals surface area contributed by atoms with Crippen molar-refractivity contribution in [3.63, 3.8) is 0 Å². The summed E-state index contributed by atoms with van der Waals surface area (Å²) in [5.41, 5.74) is 0. The summed E-state index contributed by atoms with van der Waals surface area (Å²) in [5, 5.41) is 0. The van der Waals surface area contributed by atoms with Gasteiger partial charge >= 0.3 is 51.4 Å². The molecule has 0 aliphatic carbocycles. The monoisotopic (exact) mass is 154 g/mol. The first-order chi connectivity index (χ1) is 0. The van der Waals surface area contributed by atoms with Crippen molar-refractivity contribution in [2.75, 3.05) is 0 Å². The molecule has 24 valence electrons. The fourth-order valence-electron chi connectivity index (χ4n) is 0. The summed E-state index contributed by atoms with van der Waals surface area (Å²) in [6.07, 6.45) is 0. The molecule has 0 unspecified atom stereocenters. The van der Waals surface area contributed by atoms with Crippen molar-refractivity contribution in [1.82, 2.24) is 0 Å². The van der Waals surface area contributed by atoms with Crippen molar-refractivity contribution in [2.24, 2.45) is 0 Å². The van der Waals surface area contributed by atoms with Gasteiger partial charge in [-0.15, -0.1) is 0 Å². The summed E-state index contributed by atoms with van der Waals surface area (Å²) in [5.74, 6) is 0. The van der Waals surface area contributed by atoms with Gasteiger partial charge in [-0.25, -0.2) is 0 Å². The number of rotatable bonds is 0. The zero-order valence-electron chi connectivity index (χ0n) is 2.38. The van der Waals surface area contributed by atoms with Crippen molar-refractivity contribution >= 4 is 0 Å². The summed E-state index contributed by atoms with van der Waals surface area (Å²) in [6.45, 7) is 0. The van der Waals surface area contributed by atoms with Gasteiger partial charge in [-0.1, -0.05) is 0 Å². The van der Waals surface area contributed by atoms with Gasteiger partial charge in [0.1, 0.15) is 0 Å². The van der Waals surface area contributed by atoms with E-state index in [1.165, 1.54) is 0 Å². The maximum absolute atomic E-state index is 0. The smallest absolute Gasteiger partial charge is 1.00 e. The first-order valence-corrected chi connectivity index (χ1v) is 0. The van der Waals surface area contributed by atoms with E-state index in [1.807, 2.05) is 0 Å². The van der Waals surface area contributed by atoms with Gasteiger partial charge in [0.05, 0.1) is 0 Å². The van der Waals surface area contributed by atoms with Crippen molar-refractivity contribution in [3.8, 4) is 0 Å². The van der Waals surface area contributed by atoms with Crippen LogP contribution in [0.1, 0.15) is 0 Å². The third kappa shape index (κ3) is 8.97. The van der Waals surface area contributed by atoms with Crippen LogP contribution in [0.5, 0.6) is 0 Å². The molecule has 0 atom stereocenters. The fourth-order valence-corrected chi connectivity index (χ4v) is 0. The Kier molecular flexibility index (Phi) is 183. The molecule has 4 heavy (non-hydrogen) atoms. The fraction of sp³-hybridized carbons (Fsp3) is 0. The van der Waals surface area contributed by atoms with Gasteiger partial charge < -0.3 is 27.9 Å². The molecular weight excluding hydrogens is 151 g/mol. The van der Waals surface area contributed by atoms with E-state index in [2.05, 4.69) is 0 Å². The van der Waals surface area contributed by atoms with Crippen LogP contribution in [-0.2, 0) is 0 Å². The Morgan fingerprint density at radius 1 is 0.750 bits per heavy atom. The van der Waals surface area contributed by atoms with Gasteiger partial charge in [-0.3, -0.25) is 0 Å². The van der Waals surface area contributed by atoms with Gasteiger partial charge in [0.25, 0.3) is 0 Å². The van der Waals surface area contributed by atoms with Crippen molar-refractivity contribution in [3.05, 3.63) is 0 Å². The Hall–Kier alpha value is 2.04. The molecule has 0 saturated carbocycles. The number of halogens is 1. The average Bonchev–Trinajstić information content (AvgIpc) is 0. The van der Waals surface area contributed by atoms with Gasteiger partial charge in [0, 0.05) is 0 Å². The molecule has 0 rings (SSSR count). The minimum atomic E-state index is 0. The molecule has 0 spiro atoms. The van der Waals surface area contributed by atoms with E-state index < -0.39 is 0 Å². The summed E-state index contributed by atoms with van der Waals surface area (Å²) >= 11 is 0. The molecule has 0 aromatic rings. The van der Waals surface area contributed by atoms with E-state index in [4.69, 9.17) is 0 Å². The Bertz CT molecular complexity index is 6.00. The van der Waals surface area contributed by atoms with Gasteiger partial charge in [0.15, 0.2) is 0 Å². The Balaban J connectivity index is 0. The minimum absolute atomic E-state index is 0. The van der Waals surface area contributed by atoms with Crippen LogP contribution in [0.25, 0.3) is 0 Å². The molecule has 4 heteroatoms. The van der Waals surface area contributed by atoms with Crippen molar-refractivity contribution in [2.45, 2.75) is 0 Å². The van der Waals surface area contributed by atoms with Crippen LogP contribution < -0.4 is 68.4 Å². The van der Waals surface area contributed by atoms with E-state index in [0.29, 0.717) is 0 Å². The topological polar surface area (TPSA) is 63.0 Å². The molecule has 4 N–H and O–H groups in total. The number of hydrogen-bond donors (Lipinski definition) is 0. The van der Waals surface area contributed by atoms with Crippen LogP contribution in [0.15, 0.2) is 0 Å². The quantitative estimate of drug-likeness (QED) is 0.312. The molecule has 0 saturated heterocycles. The molecule has 2 nitrogen and oxygen atoms in total. The normalized spacial score (nSPS) is 0. The van der Waals surface area contributed by atoms with Crippen LogP contribution >= 0.6 is 0 Å². The third-order valence-corrected chi connectivity index (χ3v) is 0. The van der Waals surface area contributed by atoms with E-state index in [1.54, 1.807) is 0 Å². The molecule has 0 aliphatic rings. The maximum Gasteiger partial charge on any atom is 1.00 e. The summed E-state index contributed by atoms with van der Waals surface area (Å²) in [6, 6.07) is 0. The number of hydrogen-bond acceptors (Lipinski definition) is 0. The predicted molar refractivity (Wildman–Crippen MR) is 7.23 cm³/mol. The van der Waals surface area contributed by atoms with Crippen LogP contribution in [0.3, 0.4) is 0 Å². The predicted octanol–water partition coefficient (Wildman–Crippen LogP) is -7.64. The van der Waals surface area contributed by atoms with Crippen molar-refractivity contribution in [1.29, 1.82) is 0 Å². The molecule has 0 radical (unpaired) electrons. The molecule has 0 heterocycles. The van der Waals surface area contributed by atoms with Crippen molar-refractivity contribution < 1.29 is 79.3 Å². The molecule has 0 fully saturated rings. The second-order valence-corrected chi connectivity index (χ2v) is 0. The summed E-state index contributed by atoms with van der Waals surface area (Å²) in [4.78, 5) is 0. The van der Waals surface area contributed by atoms with E-state index in [-0.39, 0.29) is 79.3 Å². The van der Waals surface area contributed by atoms with Crippen LogP contribution in [0.4, 0.5) is 0 Å². The molecule has 0 bridgehead atoms. The SMILES string of the molecule is O.O.[Br-].[K+]. The average molecular weight is 155 g/mol. The van der Waals surface area contributed by atoms with E-state index in [9.17, 15) is 0 Å². The zero-order chi connectivity index (χ0) is 0. The largest absolute Gasteiger partial charge is 1.00 e. The second kappa shape index (κ2) is 19.8. The summed E-state index contributed by atoms with van der Waals surface area (Å²) < 4.78 is 0. The van der Waals surface area contributed by atoms with Gasteiger partial charge in [-0.2, -0.15) is 0 Å². The summed E-state index contributed by atoms with van der Waals surface area (Å²) in [7, 11) is 0. The maximum atomic E-state index is 0. The molecule has 0 aromatic carbocycles. The molecule has 0 amide bonds. The Morgan fingerprint density at radius 2 is 0.750 bits per heavy atom. The Labute approximate surface area is 77.8 Å². The third-order valence-electron chi connectivity index (χ3n) is 0. The van der Waals surface area contributed by atoms with Gasteiger partial charge in [-0.05, 0) is 0 Å². The van der Waals surface area contributed by atoms with Crippen LogP contribution in [0.2, 0.25) is 0 Å². The van der Waals surface area contributed by atoms with Crippen LogP contribution in [-0.4, -0.2) is 11.0 Å². The second-order valence-electron chi connectivity index (χ2n) is 0. The first kappa shape index (κ1) is 36.9. The molecule has 0 aromatic heterocycles. The molecule has 0 aliphatic heterocycles. The molecular formula is H4BrKO2. The standard InChI is InChI=1S/BrH.K.2H2O/h1H;;2*1H2/q;+1;;/p-1.